The Hall–Kier alpha value is -2.09. The molecule has 0 bridgehead atoms. The van der Waals surface area contributed by atoms with Crippen LogP contribution in [-0.4, -0.2) is 10.2 Å². The van der Waals surface area contributed by atoms with Gasteiger partial charge in [-0.25, -0.2) is 0 Å². The molecule has 15 heavy (non-hydrogen) atoms. The summed E-state index contributed by atoms with van der Waals surface area (Å²) in [5.41, 5.74) is 3.53. The van der Waals surface area contributed by atoms with Crippen LogP contribution in [0.3, 0.4) is 0 Å². The van der Waals surface area contributed by atoms with Crippen LogP contribution in [0.25, 0.3) is 22.0 Å². The molecule has 0 unspecified atom stereocenters. The van der Waals surface area contributed by atoms with Gasteiger partial charge in [0.1, 0.15) is 0 Å². The fourth-order valence-corrected chi connectivity index (χ4v) is 1.75. The minimum absolute atomic E-state index is 1.08. The van der Waals surface area contributed by atoms with E-state index in [2.05, 4.69) is 40.5 Å². The molecule has 0 amide bonds. The first-order valence-corrected chi connectivity index (χ1v) is 4.92. The van der Waals surface area contributed by atoms with E-state index in [1.165, 1.54) is 11.1 Å². The second kappa shape index (κ2) is 3.24. The Bertz CT molecular complexity index is 582. The first-order valence-electron chi connectivity index (χ1n) is 4.92. The highest BCUT2D eigenvalue weighted by Crippen LogP contribution is 2.22. The summed E-state index contributed by atoms with van der Waals surface area (Å²) in [7, 11) is 0. The van der Waals surface area contributed by atoms with E-state index in [4.69, 9.17) is 0 Å². The minimum Gasteiger partial charge on any atom is -0.278 e. The smallest absolute Gasteiger partial charge is 0.0656 e. The molecule has 0 atom stereocenters. The summed E-state index contributed by atoms with van der Waals surface area (Å²) in [6.07, 6.45) is 1.84. The van der Waals surface area contributed by atoms with Crippen LogP contribution in [0.15, 0.2) is 54.7 Å². The molecular weight excluding hydrogens is 184 g/mol. The molecule has 2 heteroatoms. The third-order valence-corrected chi connectivity index (χ3v) is 2.55. The molecule has 0 aliphatic carbocycles. The molecule has 0 radical (unpaired) electrons. The first-order chi connectivity index (χ1) is 7.43. The predicted octanol–water partition coefficient (Wildman–Crippen LogP) is 3.23. The molecule has 0 aliphatic heterocycles. The van der Waals surface area contributed by atoms with Crippen LogP contribution in [-0.2, 0) is 0 Å². The highest BCUT2D eigenvalue weighted by Gasteiger charge is 1.99. The van der Waals surface area contributed by atoms with Gasteiger partial charge in [-0.1, -0.05) is 42.5 Å². The Morgan fingerprint density at radius 1 is 0.867 bits per heavy atom. The van der Waals surface area contributed by atoms with Gasteiger partial charge in [0.05, 0.1) is 11.7 Å². The maximum absolute atomic E-state index is 4.01. The van der Waals surface area contributed by atoms with Crippen LogP contribution in [0.2, 0.25) is 0 Å². The number of rotatable bonds is 1. The van der Waals surface area contributed by atoms with Crippen molar-refractivity contribution >= 4 is 10.9 Å². The monoisotopic (exact) mass is 194 g/mol. The first kappa shape index (κ1) is 8.24. The Kier molecular flexibility index (Phi) is 1.78. The van der Waals surface area contributed by atoms with Gasteiger partial charge in [0, 0.05) is 5.39 Å². The van der Waals surface area contributed by atoms with E-state index in [1.54, 1.807) is 0 Å². The molecule has 3 aromatic rings. The minimum atomic E-state index is 1.08. The van der Waals surface area contributed by atoms with Crippen molar-refractivity contribution in [1.82, 2.24) is 10.2 Å². The van der Waals surface area contributed by atoms with Gasteiger partial charge in [-0.05, 0) is 17.2 Å². The molecule has 0 spiro atoms. The van der Waals surface area contributed by atoms with E-state index in [0.717, 1.165) is 10.9 Å². The molecule has 2 aromatic carbocycles. The van der Waals surface area contributed by atoms with Crippen LogP contribution in [0, 0.1) is 0 Å². The topological polar surface area (TPSA) is 28.7 Å². The van der Waals surface area contributed by atoms with Gasteiger partial charge in [0.15, 0.2) is 0 Å². The lowest BCUT2D eigenvalue weighted by Crippen LogP contribution is -1.76. The van der Waals surface area contributed by atoms with Crippen LogP contribution < -0.4 is 0 Å². The van der Waals surface area contributed by atoms with Crippen LogP contribution in [0.4, 0.5) is 0 Å². The van der Waals surface area contributed by atoms with E-state index in [1.807, 2.05) is 24.4 Å². The van der Waals surface area contributed by atoms with Gasteiger partial charge in [0.25, 0.3) is 0 Å². The average molecular weight is 194 g/mol. The van der Waals surface area contributed by atoms with Crippen molar-refractivity contribution < 1.29 is 0 Å². The molecule has 1 aromatic heterocycles. The van der Waals surface area contributed by atoms with Gasteiger partial charge in [0.2, 0.25) is 0 Å². The lowest BCUT2D eigenvalue weighted by Gasteiger charge is -2.00. The Morgan fingerprint density at radius 2 is 1.73 bits per heavy atom. The van der Waals surface area contributed by atoms with Gasteiger partial charge in [-0.2, -0.15) is 5.10 Å². The van der Waals surface area contributed by atoms with Crippen molar-refractivity contribution in [3.63, 3.8) is 0 Å². The Labute approximate surface area is 87.6 Å². The fraction of sp³-hybridized carbons (Fsp3) is 0. The third-order valence-electron chi connectivity index (χ3n) is 2.55. The Morgan fingerprint density at radius 3 is 2.60 bits per heavy atom. The molecule has 72 valence electrons. The van der Waals surface area contributed by atoms with Crippen LogP contribution >= 0.6 is 0 Å². The van der Waals surface area contributed by atoms with Crippen molar-refractivity contribution in [2.75, 3.05) is 0 Å². The predicted molar refractivity (Wildman–Crippen MR) is 61.5 cm³/mol. The lowest BCUT2D eigenvalue weighted by atomic mass is 10.0. The van der Waals surface area contributed by atoms with Gasteiger partial charge >= 0.3 is 0 Å². The number of aromatic amines is 1. The maximum Gasteiger partial charge on any atom is 0.0656 e. The summed E-state index contributed by atoms with van der Waals surface area (Å²) >= 11 is 0. The molecule has 1 heterocycles. The molecule has 0 saturated heterocycles. The van der Waals surface area contributed by atoms with Gasteiger partial charge < -0.3 is 0 Å². The van der Waals surface area contributed by atoms with E-state index < -0.39 is 0 Å². The van der Waals surface area contributed by atoms with Gasteiger partial charge in [-0.15, -0.1) is 0 Å². The molecule has 1 N–H and O–H groups in total. The van der Waals surface area contributed by atoms with E-state index in [-0.39, 0.29) is 0 Å². The number of H-pyrrole nitrogens is 1. The molecule has 3 rings (SSSR count). The zero-order chi connectivity index (χ0) is 10.1. The number of hydrogen-bond donors (Lipinski definition) is 1. The van der Waals surface area contributed by atoms with Crippen molar-refractivity contribution in [2.45, 2.75) is 0 Å². The van der Waals surface area contributed by atoms with Gasteiger partial charge in [-0.3, -0.25) is 5.10 Å². The van der Waals surface area contributed by atoms with Crippen LogP contribution in [0.5, 0.6) is 0 Å². The zero-order valence-electron chi connectivity index (χ0n) is 8.14. The van der Waals surface area contributed by atoms with E-state index in [9.17, 15) is 0 Å². The summed E-state index contributed by atoms with van der Waals surface area (Å²) in [6, 6.07) is 16.7. The van der Waals surface area contributed by atoms with Crippen molar-refractivity contribution in [3.05, 3.63) is 54.7 Å². The summed E-state index contributed by atoms with van der Waals surface area (Å²) < 4.78 is 0. The number of fused-ring (bicyclic) bond motifs is 1. The Balaban J connectivity index is 2.19. The molecule has 0 fully saturated rings. The summed E-state index contributed by atoms with van der Waals surface area (Å²) in [5.74, 6) is 0. The quantitative estimate of drug-likeness (QED) is 0.633. The average Bonchev–Trinajstić information content (AvgIpc) is 2.77. The molecule has 0 aliphatic rings. The second-order valence-corrected chi connectivity index (χ2v) is 3.54. The van der Waals surface area contributed by atoms with Crippen molar-refractivity contribution in [2.24, 2.45) is 0 Å². The second-order valence-electron chi connectivity index (χ2n) is 3.54. The lowest BCUT2D eigenvalue weighted by molar-refractivity contribution is 1.12. The normalized spacial score (nSPS) is 10.7. The fourth-order valence-electron chi connectivity index (χ4n) is 1.75. The van der Waals surface area contributed by atoms with Crippen molar-refractivity contribution in [1.29, 1.82) is 0 Å². The largest absolute Gasteiger partial charge is 0.278 e. The van der Waals surface area contributed by atoms with E-state index in [0.29, 0.717) is 0 Å². The SMILES string of the molecule is c1ccc(-c2ccc3cn[nH]c3c2)cc1. The summed E-state index contributed by atoms with van der Waals surface area (Å²) in [4.78, 5) is 0. The number of nitrogens with zero attached hydrogens (tertiary/aromatic N) is 1. The molecule has 2 nitrogen and oxygen atoms in total. The molecule has 0 saturated carbocycles. The highest BCUT2D eigenvalue weighted by atomic mass is 15.1. The summed E-state index contributed by atoms with van der Waals surface area (Å²) in [5, 5.41) is 8.14. The number of benzene rings is 2. The number of aromatic nitrogens is 2. The third kappa shape index (κ3) is 1.40. The van der Waals surface area contributed by atoms with E-state index >= 15 is 0 Å². The standard InChI is InChI=1S/C13H10N2/c1-2-4-10(5-3-1)11-6-7-12-9-14-15-13(12)8-11/h1-9H,(H,14,15). The van der Waals surface area contributed by atoms with Crippen molar-refractivity contribution in [3.8, 4) is 11.1 Å². The number of hydrogen-bond acceptors (Lipinski definition) is 1. The maximum atomic E-state index is 4.01. The summed E-state index contributed by atoms with van der Waals surface area (Å²) in [6.45, 7) is 0. The zero-order valence-corrected chi connectivity index (χ0v) is 8.14. The molecular formula is C13H10N2. The highest BCUT2D eigenvalue weighted by molar-refractivity contribution is 5.83. The number of nitrogens with one attached hydrogen (secondary N) is 1. The van der Waals surface area contributed by atoms with Crippen LogP contribution in [0.1, 0.15) is 0 Å².